The molecule has 0 spiro atoms. The minimum absolute atomic E-state index is 0. The van der Waals surface area contributed by atoms with E-state index in [2.05, 4.69) is 26.8 Å². The van der Waals surface area contributed by atoms with Crippen LogP contribution in [0.15, 0.2) is 11.8 Å². The average Bonchev–Trinajstić information content (AvgIpc) is 2.01. The Morgan fingerprint density at radius 2 is 1.86 bits per heavy atom. The second kappa shape index (κ2) is 4.66. The van der Waals surface area contributed by atoms with E-state index in [1.807, 2.05) is 6.42 Å². The molecular weight excluding hydrogens is 171 g/mol. The van der Waals surface area contributed by atoms with E-state index in [1.165, 1.54) is 0 Å². The zero-order valence-electron chi connectivity index (χ0n) is 10.2. The molecule has 0 fully saturated rings. The summed E-state index contributed by atoms with van der Waals surface area (Å²) in [6.45, 7) is 6.47. The minimum Gasteiger partial charge on any atom is -0.534 e. The molecule has 1 aliphatic carbocycles. The Bertz CT molecular complexity index is 223. The molecule has 14 heavy (non-hydrogen) atoms. The third-order valence-electron chi connectivity index (χ3n) is 2.49. The maximum atomic E-state index is 5.47. The summed E-state index contributed by atoms with van der Waals surface area (Å²) >= 11 is 0. The normalized spacial score (nSPS) is 29.6. The van der Waals surface area contributed by atoms with Crippen LogP contribution in [0.3, 0.4) is 0 Å². The molecule has 1 unspecified atom stereocenters. The molecule has 76 valence electrons. The molecule has 1 atom stereocenters. The van der Waals surface area contributed by atoms with E-state index in [-0.39, 0.29) is 29.9 Å². The number of allylic oxidation sites excluding steroid dienone is 1. The Morgan fingerprint density at radius 3 is 2.29 bits per heavy atom. The maximum absolute atomic E-state index is 5.47. The monoisotopic (exact) mass is 190 g/mol. The van der Waals surface area contributed by atoms with Crippen LogP contribution in [0.4, 0.5) is 0 Å². The molecule has 1 aliphatic rings. The van der Waals surface area contributed by atoms with Crippen molar-refractivity contribution in [1.29, 1.82) is 0 Å². The minimum atomic E-state index is -0.191. The van der Waals surface area contributed by atoms with Crippen LogP contribution in [-0.4, -0.2) is 19.8 Å². The molecule has 0 aliphatic heterocycles. The van der Waals surface area contributed by atoms with Crippen molar-refractivity contribution >= 4 is 0 Å². The van der Waals surface area contributed by atoms with Crippen molar-refractivity contribution < 1.29 is 28.3 Å². The van der Waals surface area contributed by atoms with E-state index in [0.717, 1.165) is 12.2 Å². The Hall–Kier alpha value is -0.0326. The predicted molar refractivity (Wildman–Crippen MR) is 53.2 cm³/mol. The fraction of sp³-hybridized carbons (Fsp3) is 0.727. The summed E-state index contributed by atoms with van der Waals surface area (Å²) in [7, 11) is 3.44. The SMILES string of the molecule is COC1=CC(C)(C)CC(C)(OC)[CH-]1.[Li+]. The van der Waals surface area contributed by atoms with Gasteiger partial charge in [0.05, 0.1) is 7.11 Å². The average molecular weight is 190 g/mol. The van der Waals surface area contributed by atoms with Gasteiger partial charge < -0.3 is 9.47 Å². The van der Waals surface area contributed by atoms with Gasteiger partial charge in [0.15, 0.2) is 0 Å². The molecule has 0 N–H and O–H groups in total. The number of hydrogen-bond donors (Lipinski definition) is 0. The number of methoxy groups -OCH3 is 2. The van der Waals surface area contributed by atoms with E-state index < -0.39 is 0 Å². The molecule has 0 aromatic heterocycles. The summed E-state index contributed by atoms with van der Waals surface area (Å²) in [5, 5.41) is 0. The molecule has 1 rings (SSSR count). The molecule has 0 saturated heterocycles. The van der Waals surface area contributed by atoms with Crippen LogP contribution in [0.5, 0.6) is 0 Å². The summed E-state index contributed by atoms with van der Waals surface area (Å²) in [5.41, 5.74) is -0.0472. The van der Waals surface area contributed by atoms with Crippen molar-refractivity contribution in [3.63, 3.8) is 0 Å². The van der Waals surface area contributed by atoms with Crippen molar-refractivity contribution in [2.45, 2.75) is 32.8 Å². The largest absolute Gasteiger partial charge is 1.00 e. The van der Waals surface area contributed by atoms with Gasteiger partial charge in [0.25, 0.3) is 0 Å². The fourth-order valence-corrected chi connectivity index (χ4v) is 1.98. The molecule has 0 heterocycles. The zero-order chi connectivity index (χ0) is 10.1. The van der Waals surface area contributed by atoms with Crippen molar-refractivity contribution in [3.8, 4) is 0 Å². The molecule has 0 amide bonds. The second-order valence-corrected chi connectivity index (χ2v) is 4.58. The standard InChI is InChI=1S/C11H19O2.Li/c1-10(2)6-9(12-4)7-11(3,8-10)13-5;/h6-7H,8H2,1-5H3;/q-1;+1. The van der Waals surface area contributed by atoms with Crippen molar-refractivity contribution in [2.24, 2.45) is 5.41 Å². The number of hydrogen-bond acceptors (Lipinski definition) is 2. The Kier molecular flexibility index (Phi) is 4.65. The molecule has 0 radical (unpaired) electrons. The van der Waals surface area contributed by atoms with Gasteiger partial charge in [-0.3, -0.25) is 0 Å². The molecule has 0 aromatic rings. The van der Waals surface area contributed by atoms with Crippen molar-refractivity contribution in [2.75, 3.05) is 14.2 Å². The molecule has 3 heteroatoms. The third-order valence-corrected chi connectivity index (χ3v) is 2.49. The molecule has 2 nitrogen and oxygen atoms in total. The predicted octanol–water partition coefficient (Wildman–Crippen LogP) is -0.440. The van der Waals surface area contributed by atoms with Gasteiger partial charge in [-0.05, 0) is 19.1 Å². The van der Waals surface area contributed by atoms with Gasteiger partial charge in [0, 0.05) is 12.7 Å². The quantitative estimate of drug-likeness (QED) is 0.434. The molecule has 0 saturated carbocycles. The van der Waals surface area contributed by atoms with Gasteiger partial charge in [-0.25, -0.2) is 0 Å². The summed E-state index contributed by atoms with van der Waals surface area (Å²) in [6.07, 6.45) is 5.18. The second-order valence-electron chi connectivity index (χ2n) is 4.58. The van der Waals surface area contributed by atoms with Crippen molar-refractivity contribution in [1.82, 2.24) is 0 Å². The van der Waals surface area contributed by atoms with E-state index >= 15 is 0 Å². The summed E-state index contributed by atoms with van der Waals surface area (Å²) in [6, 6.07) is 0. The van der Waals surface area contributed by atoms with Crippen LogP contribution < -0.4 is 18.9 Å². The first-order valence-corrected chi connectivity index (χ1v) is 4.59. The third kappa shape index (κ3) is 3.27. The van der Waals surface area contributed by atoms with E-state index in [1.54, 1.807) is 14.2 Å². The van der Waals surface area contributed by atoms with Gasteiger partial charge in [-0.15, -0.1) is 0 Å². The number of ether oxygens (including phenoxy) is 2. The van der Waals surface area contributed by atoms with Gasteiger partial charge in [0.2, 0.25) is 0 Å². The first kappa shape index (κ1) is 14.0. The van der Waals surface area contributed by atoms with Crippen LogP contribution in [0.2, 0.25) is 0 Å². The molecular formula is C11H19LiO2. The Morgan fingerprint density at radius 1 is 1.29 bits per heavy atom. The maximum Gasteiger partial charge on any atom is 1.00 e. The fourth-order valence-electron chi connectivity index (χ4n) is 1.98. The Labute approximate surface area is 99.2 Å². The zero-order valence-corrected chi connectivity index (χ0v) is 10.2. The van der Waals surface area contributed by atoms with Gasteiger partial charge in [0.1, 0.15) is 0 Å². The summed E-state index contributed by atoms with van der Waals surface area (Å²) in [5.74, 6) is 0.917. The van der Waals surface area contributed by atoms with E-state index in [4.69, 9.17) is 9.47 Å². The van der Waals surface area contributed by atoms with Crippen LogP contribution in [0.1, 0.15) is 27.2 Å². The van der Waals surface area contributed by atoms with Crippen LogP contribution in [0.25, 0.3) is 0 Å². The topological polar surface area (TPSA) is 18.5 Å². The van der Waals surface area contributed by atoms with Gasteiger partial charge in [-0.1, -0.05) is 19.3 Å². The number of rotatable bonds is 2. The van der Waals surface area contributed by atoms with Crippen molar-refractivity contribution in [3.05, 3.63) is 18.3 Å². The van der Waals surface area contributed by atoms with E-state index in [0.29, 0.717) is 0 Å². The van der Waals surface area contributed by atoms with Crippen LogP contribution >= 0.6 is 0 Å². The summed E-state index contributed by atoms with van der Waals surface area (Å²) < 4.78 is 10.7. The smallest absolute Gasteiger partial charge is 0.534 e. The van der Waals surface area contributed by atoms with Gasteiger partial charge in [-0.2, -0.15) is 12.5 Å². The van der Waals surface area contributed by atoms with Crippen LogP contribution in [-0.2, 0) is 9.47 Å². The van der Waals surface area contributed by atoms with Gasteiger partial charge >= 0.3 is 18.9 Å². The van der Waals surface area contributed by atoms with Crippen LogP contribution in [0, 0.1) is 11.8 Å². The first-order chi connectivity index (χ1) is 5.91. The molecule has 0 aromatic carbocycles. The first-order valence-electron chi connectivity index (χ1n) is 4.59. The Balaban J connectivity index is 0.00000169. The van der Waals surface area contributed by atoms with E-state index in [9.17, 15) is 0 Å². The molecule has 0 bridgehead atoms. The summed E-state index contributed by atoms with van der Waals surface area (Å²) in [4.78, 5) is 0.